The van der Waals surface area contributed by atoms with E-state index in [9.17, 15) is 24.3 Å². The highest BCUT2D eigenvalue weighted by Crippen LogP contribution is 2.28. The largest absolute Gasteiger partial charge is 0.467 e. The lowest BCUT2D eigenvalue weighted by Gasteiger charge is -2.41. The minimum Gasteiger partial charge on any atom is -0.467 e. The van der Waals surface area contributed by atoms with Crippen molar-refractivity contribution in [2.75, 3.05) is 7.11 Å². The van der Waals surface area contributed by atoms with Gasteiger partial charge in [-0.2, -0.15) is 0 Å². The van der Waals surface area contributed by atoms with E-state index in [1.807, 2.05) is 0 Å². The summed E-state index contributed by atoms with van der Waals surface area (Å²) in [5.74, 6) is -3.37. The van der Waals surface area contributed by atoms with Crippen molar-refractivity contribution in [3.63, 3.8) is 0 Å². The van der Waals surface area contributed by atoms with Crippen LogP contribution in [0, 0.1) is 0 Å². The minimum absolute atomic E-state index is 0.798. The van der Waals surface area contributed by atoms with E-state index in [2.05, 4.69) is 4.74 Å². The van der Waals surface area contributed by atoms with Crippen molar-refractivity contribution in [3.05, 3.63) is 0 Å². The zero-order valence-corrected chi connectivity index (χ0v) is 13.0. The van der Waals surface area contributed by atoms with E-state index in [1.54, 1.807) is 0 Å². The number of methoxy groups -OCH3 is 1. The Hall–Kier alpha value is -2.20. The number of carbonyl (C=O) groups is 4. The first kappa shape index (κ1) is 18.8. The van der Waals surface area contributed by atoms with E-state index in [0.29, 0.717) is 0 Å². The van der Waals surface area contributed by atoms with Gasteiger partial charge in [0.1, 0.15) is 0 Å². The Bertz CT molecular complexity index is 487. The SMILES string of the molecule is COC(=O)C1OC(O)C(OC(C)=O)C(OC(C)=O)C1OC(C)=O. The molecule has 0 radical (unpaired) electrons. The zero-order chi connectivity index (χ0) is 17.7. The quantitative estimate of drug-likeness (QED) is 0.486. The van der Waals surface area contributed by atoms with Crippen LogP contribution in [0.15, 0.2) is 0 Å². The number of rotatable bonds is 4. The van der Waals surface area contributed by atoms with E-state index in [0.717, 1.165) is 27.9 Å². The Kier molecular flexibility index (Phi) is 6.46. The van der Waals surface area contributed by atoms with Crippen LogP contribution in [0.1, 0.15) is 20.8 Å². The van der Waals surface area contributed by atoms with E-state index < -0.39 is 54.6 Å². The van der Waals surface area contributed by atoms with Crippen LogP contribution in [-0.2, 0) is 42.9 Å². The first-order chi connectivity index (χ1) is 10.7. The Morgan fingerprint density at radius 2 is 1.26 bits per heavy atom. The number of aliphatic hydroxyl groups excluding tert-OH is 1. The van der Waals surface area contributed by atoms with Crippen molar-refractivity contribution in [1.29, 1.82) is 0 Å². The standard InChI is InChI=1S/C13H18O10/c1-5(14)20-8-9(21-6(2)15)11(22-7(3)16)13(18)23-10(8)12(17)19-4/h8-11,13,18H,1-4H3. The third kappa shape index (κ3) is 4.89. The number of esters is 4. The fourth-order valence-corrected chi connectivity index (χ4v) is 2.10. The lowest BCUT2D eigenvalue weighted by molar-refractivity contribution is -0.289. The van der Waals surface area contributed by atoms with E-state index in [1.165, 1.54) is 0 Å². The second-order valence-corrected chi connectivity index (χ2v) is 4.69. The Balaban J connectivity index is 3.21. The molecule has 0 saturated carbocycles. The summed E-state index contributed by atoms with van der Waals surface area (Å²) in [5, 5.41) is 9.93. The van der Waals surface area contributed by atoms with Gasteiger partial charge >= 0.3 is 23.9 Å². The van der Waals surface area contributed by atoms with Crippen molar-refractivity contribution >= 4 is 23.9 Å². The molecule has 0 aromatic rings. The van der Waals surface area contributed by atoms with Crippen molar-refractivity contribution in [1.82, 2.24) is 0 Å². The molecule has 1 fully saturated rings. The van der Waals surface area contributed by atoms with Crippen molar-refractivity contribution < 1.29 is 48.0 Å². The van der Waals surface area contributed by atoms with Crippen molar-refractivity contribution in [3.8, 4) is 0 Å². The molecular formula is C13H18O10. The van der Waals surface area contributed by atoms with E-state index >= 15 is 0 Å². The first-order valence-corrected chi connectivity index (χ1v) is 6.60. The maximum absolute atomic E-state index is 11.8. The van der Waals surface area contributed by atoms with Gasteiger partial charge in [0.05, 0.1) is 7.11 Å². The normalized spacial score (nSPS) is 30.0. The molecule has 0 aromatic heterocycles. The summed E-state index contributed by atoms with van der Waals surface area (Å²) >= 11 is 0. The monoisotopic (exact) mass is 334 g/mol. The molecule has 0 aromatic carbocycles. The maximum Gasteiger partial charge on any atom is 0.339 e. The summed E-state index contributed by atoms with van der Waals surface area (Å²) in [7, 11) is 1.06. The molecular weight excluding hydrogens is 316 g/mol. The molecule has 0 bridgehead atoms. The molecule has 1 saturated heterocycles. The van der Waals surface area contributed by atoms with Gasteiger partial charge in [-0.15, -0.1) is 0 Å². The van der Waals surface area contributed by atoms with Crippen LogP contribution in [-0.4, -0.2) is 66.8 Å². The molecule has 130 valence electrons. The molecule has 10 heteroatoms. The Labute approximate surface area is 131 Å². The third-order valence-electron chi connectivity index (χ3n) is 2.85. The molecule has 5 unspecified atom stereocenters. The summed E-state index contributed by atoms with van der Waals surface area (Å²) in [5.41, 5.74) is 0. The molecule has 0 aliphatic carbocycles. The summed E-state index contributed by atoms with van der Waals surface area (Å²) in [6, 6.07) is 0. The lowest BCUT2D eigenvalue weighted by atomic mass is 9.98. The minimum atomic E-state index is -1.79. The smallest absolute Gasteiger partial charge is 0.339 e. The fourth-order valence-electron chi connectivity index (χ4n) is 2.10. The second-order valence-electron chi connectivity index (χ2n) is 4.69. The Morgan fingerprint density at radius 3 is 1.70 bits per heavy atom. The van der Waals surface area contributed by atoms with Gasteiger partial charge in [0.15, 0.2) is 30.7 Å². The van der Waals surface area contributed by atoms with Gasteiger partial charge in [0, 0.05) is 20.8 Å². The predicted octanol–water partition coefficient (Wildman–Crippen LogP) is -1.33. The highest BCUT2D eigenvalue weighted by Gasteiger charge is 2.54. The van der Waals surface area contributed by atoms with Gasteiger partial charge in [0.2, 0.25) is 0 Å². The summed E-state index contributed by atoms with van der Waals surface area (Å²) in [6.07, 6.45) is -7.75. The molecule has 1 aliphatic heterocycles. The summed E-state index contributed by atoms with van der Waals surface area (Å²) < 4.78 is 24.3. The maximum atomic E-state index is 11.8. The zero-order valence-electron chi connectivity index (χ0n) is 13.0. The number of hydrogen-bond donors (Lipinski definition) is 1. The van der Waals surface area contributed by atoms with Crippen LogP contribution < -0.4 is 0 Å². The van der Waals surface area contributed by atoms with Gasteiger partial charge in [-0.05, 0) is 0 Å². The topological polar surface area (TPSA) is 135 Å². The molecule has 0 amide bonds. The molecule has 5 atom stereocenters. The van der Waals surface area contributed by atoms with Gasteiger partial charge in [-0.3, -0.25) is 14.4 Å². The summed E-state index contributed by atoms with van der Waals surface area (Å²) in [4.78, 5) is 45.5. The number of hydrogen-bond acceptors (Lipinski definition) is 10. The van der Waals surface area contributed by atoms with Crippen LogP contribution in [0.2, 0.25) is 0 Å². The van der Waals surface area contributed by atoms with Gasteiger partial charge in [0.25, 0.3) is 0 Å². The van der Waals surface area contributed by atoms with Gasteiger partial charge in [-0.1, -0.05) is 0 Å². The van der Waals surface area contributed by atoms with Gasteiger partial charge < -0.3 is 28.8 Å². The predicted molar refractivity (Wildman–Crippen MR) is 69.6 cm³/mol. The molecule has 1 N–H and O–H groups in total. The third-order valence-corrected chi connectivity index (χ3v) is 2.85. The molecule has 1 rings (SSSR count). The van der Waals surface area contributed by atoms with Crippen LogP contribution in [0.25, 0.3) is 0 Å². The van der Waals surface area contributed by atoms with Crippen molar-refractivity contribution in [2.24, 2.45) is 0 Å². The fraction of sp³-hybridized carbons (Fsp3) is 0.692. The average Bonchev–Trinajstić information content (AvgIpc) is 2.43. The van der Waals surface area contributed by atoms with Crippen LogP contribution in [0.3, 0.4) is 0 Å². The first-order valence-electron chi connectivity index (χ1n) is 6.60. The lowest BCUT2D eigenvalue weighted by Crippen LogP contribution is -2.63. The second kappa shape index (κ2) is 7.88. The highest BCUT2D eigenvalue weighted by molar-refractivity contribution is 5.77. The van der Waals surface area contributed by atoms with E-state index in [4.69, 9.17) is 18.9 Å². The molecule has 0 spiro atoms. The molecule has 10 nitrogen and oxygen atoms in total. The summed E-state index contributed by atoms with van der Waals surface area (Å²) in [6.45, 7) is 3.18. The average molecular weight is 334 g/mol. The molecule has 1 heterocycles. The highest BCUT2D eigenvalue weighted by atomic mass is 16.7. The van der Waals surface area contributed by atoms with Crippen LogP contribution >= 0.6 is 0 Å². The number of aliphatic hydroxyl groups is 1. The van der Waals surface area contributed by atoms with Crippen molar-refractivity contribution in [2.45, 2.75) is 51.5 Å². The Morgan fingerprint density at radius 1 is 0.826 bits per heavy atom. The van der Waals surface area contributed by atoms with Crippen LogP contribution in [0.5, 0.6) is 0 Å². The molecule has 23 heavy (non-hydrogen) atoms. The van der Waals surface area contributed by atoms with Gasteiger partial charge in [-0.25, -0.2) is 4.79 Å². The molecule has 1 aliphatic rings. The number of carbonyl (C=O) groups excluding carboxylic acids is 4. The van der Waals surface area contributed by atoms with Crippen LogP contribution in [0.4, 0.5) is 0 Å². The van der Waals surface area contributed by atoms with E-state index in [-0.39, 0.29) is 0 Å². The number of ether oxygens (including phenoxy) is 5.